The third-order valence-corrected chi connectivity index (χ3v) is 5.26. The zero-order valence-corrected chi connectivity index (χ0v) is 13.1. The second-order valence-corrected chi connectivity index (χ2v) is 7.02. The zero-order chi connectivity index (χ0) is 15.5. The number of amides is 2. The van der Waals surface area contributed by atoms with Crippen molar-refractivity contribution in [1.29, 1.82) is 0 Å². The van der Waals surface area contributed by atoms with Crippen LogP contribution in [0.5, 0.6) is 0 Å². The molecular weight excluding hydrogens is 292 g/mol. The Hall–Kier alpha value is -1.24. The first-order valence-electron chi connectivity index (χ1n) is 7.39. The van der Waals surface area contributed by atoms with Crippen LogP contribution in [-0.2, 0) is 9.59 Å². The molecule has 118 valence electrons. The number of carbonyl (C=O) groups excluding carboxylic acids is 2. The molecule has 1 saturated heterocycles. The number of rotatable bonds is 5. The highest BCUT2D eigenvalue weighted by molar-refractivity contribution is 8.13. The van der Waals surface area contributed by atoms with E-state index in [2.05, 4.69) is 12.2 Å². The van der Waals surface area contributed by atoms with Crippen molar-refractivity contribution >= 4 is 28.9 Å². The van der Waals surface area contributed by atoms with Crippen molar-refractivity contribution in [3.63, 3.8) is 0 Å². The molecule has 7 heteroatoms. The Bertz CT molecular complexity index is 433. The number of hydrogen-bond donors (Lipinski definition) is 2. The Balaban J connectivity index is 1.87. The molecule has 1 aliphatic carbocycles. The molecule has 0 spiro atoms. The van der Waals surface area contributed by atoms with Crippen LogP contribution in [0, 0.1) is 5.92 Å². The van der Waals surface area contributed by atoms with Crippen LogP contribution in [0.1, 0.15) is 39.0 Å². The van der Waals surface area contributed by atoms with Crippen LogP contribution in [0.4, 0.5) is 4.79 Å². The van der Waals surface area contributed by atoms with Crippen LogP contribution in [0.15, 0.2) is 0 Å². The third kappa shape index (κ3) is 3.90. The van der Waals surface area contributed by atoms with Gasteiger partial charge in [0.15, 0.2) is 0 Å². The van der Waals surface area contributed by atoms with Crippen LogP contribution in [0.25, 0.3) is 0 Å². The highest BCUT2D eigenvalue weighted by Crippen LogP contribution is 2.32. The van der Waals surface area contributed by atoms with E-state index in [0.717, 1.165) is 18.6 Å². The van der Waals surface area contributed by atoms with E-state index >= 15 is 0 Å². The molecule has 0 aromatic heterocycles. The van der Waals surface area contributed by atoms with Crippen LogP contribution in [-0.4, -0.2) is 51.5 Å². The average Bonchev–Trinajstić information content (AvgIpc) is 2.84. The Morgan fingerprint density at radius 1 is 1.43 bits per heavy atom. The molecule has 2 N–H and O–H groups in total. The summed E-state index contributed by atoms with van der Waals surface area (Å²) >= 11 is 1.26. The van der Waals surface area contributed by atoms with Crippen LogP contribution < -0.4 is 5.32 Å². The molecule has 0 aromatic carbocycles. The fourth-order valence-electron chi connectivity index (χ4n) is 2.84. The van der Waals surface area contributed by atoms with Gasteiger partial charge in [-0.1, -0.05) is 18.7 Å². The number of carbonyl (C=O) groups is 3. The van der Waals surface area contributed by atoms with E-state index in [0.29, 0.717) is 31.8 Å². The lowest BCUT2D eigenvalue weighted by Crippen LogP contribution is -2.56. The second kappa shape index (κ2) is 6.68. The molecule has 6 nitrogen and oxygen atoms in total. The van der Waals surface area contributed by atoms with Crippen LogP contribution >= 0.6 is 11.8 Å². The van der Waals surface area contributed by atoms with Gasteiger partial charge in [0.05, 0.1) is 0 Å². The van der Waals surface area contributed by atoms with Crippen molar-refractivity contribution in [2.45, 2.75) is 44.6 Å². The molecule has 0 unspecified atom stereocenters. The smallest absolute Gasteiger partial charge is 0.329 e. The topological polar surface area (TPSA) is 86.7 Å². The number of carboxylic acid groups (broad SMARTS) is 1. The Labute approximate surface area is 128 Å². The van der Waals surface area contributed by atoms with Crippen molar-refractivity contribution in [1.82, 2.24) is 10.2 Å². The van der Waals surface area contributed by atoms with E-state index in [9.17, 15) is 19.5 Å². The van der Waals surface area contributed by atoms with Crippen molar-refractivity contribution in [2.24, 2.45) is 5.92 Å². The number of nitrogens with zero attached hydrogens (tertiary/aromatic N) is 1. The normalized spacial score (nSPS) is 29.5. The van der Waals surface area contributed by atoms with Gasteiger partial charge in [-0.2, -0.15) is 0 Å². The summed E-state index contributed by atoms with van der Waals surface area (Å²) in [5.74, 6) is 0.0399. The lowest BCUT2D eigenvalue weighted by molar-refractivity contribution is -0.149. The maximum Gasteiger partial charge on any atom is 0.329 e. The number of hydrogen-bond acceptors (Lipinski definition) is 4. The van der Waals surface area contributed by atoms with Gasteiger partial charge in [-0.3, -0.25) is 9.59 Å². The van der Waals surface area contributed by atoms with Gasteiger partial charge in [0.25, 0.3) is 5.24 Å². The summed E-state index contributed by atoms with van der Waals surface area (Å²) in [6.07, 6.45) is 2.75. The van der Waals surface area contributed by atoms with Crippen molar-refractivity contribution in [3.8, 4) is 0 Å². The van der Waals surface area contributed by atoms with Gasteiger partial charge in [-0.15, -0.1) is 0 Å². The molecule has 0 bridgehead atoms. The summed E-state index contributed by atoms with van der Waals surface area (Å²) in [5.41, 5.74) is -1.12. The maximum absolute atomic E-state index is 12.0. The Kier molecular flexibility index (Phi) is 5.13. The van der Waals surface area contributed by atoms with E-state index in [1.54, 1.807) is 4.90 Å². The van der Waals surface area contributed by atoms with Gasteiger partial charge in [0.1, 0.15) is 5.54 Å². The van der Waals surface area contributed by atoms with Gasteiger partial charge < -0.3 is 15.3 Å². The second-order valence-electron chi connectivity index (χ2n) is 5.97. The predicted octanol–water partition coefficient (Wildman–Crippen LogP) is 1.69. The minimum Gasteiger partial charge on any atom is -0.480 e. The summed E-state index contributed by atoms with van der Waals surface area (Å²) in [7, 11) is 0. The fourth-order valence-corrected chi connectivity index (χ4v) is 3.69. The molecule has 1 aliphatic heterocycles. The summed E-state index contributed by atoms with van der Waals surface area (Å²) in [6, 6.07) is 0. The van der Waals surface area contributed by atoms with Gasteiger partial charge in [0.2, 0.25) is 5.91 Å². The van der Waals surface area contributed by atoms with Gasteiger partial charge >= 0.3 is 5.97 Å². The average molecular weight is 314 g/mol. The van der Waals surface area contributed by atoms with Crippen LogP contribution in [0.3, 0.4) is 0 Å². The maximum atomic E-state index is 12.0. The largest absolute Gasteiger partial charge is 0.480 e. The van der Waals surface area contributed by atoms with E-state index in [4.69, 9.17) is 0 Å². The lowest BCUT2D eigenvalue weighted by Gasteiger charge is -2.36. The molecule has 2 aliphatic rings. The first-order chi connectivity index (χ1) is 9.93. The number of carboxylic acids is 1. The summed E-state index contributed by atoms with van der Waals surface area (Å²) in [6.45, 7) is 3.13. The highest BCUT2D eigenvalue weighted by Gasteiger charge is 2.42. The zero-order valence-electron chi connectivity index (χ0n) is 12.3. The van der Waals surface area contributed by atoms with Crippen molar-refractivity contribution < 1.29 is 19.5 Å². The lowest BCUT2D eigenvalue weighted by atomic mass is 9.77. The molecule has 2 rings (SSSR count). The van der Waals surface area contributed by atoms with E-state index in [1.807, 2.05) is 0 Å². The molecule has 2 amide bonds. The van der Waals surface area contributed by atoms with Crippen LogP contribution in [0.2, 0.25) is 0 Å². The highest BCUT2D eigenvalue weighted by atomic mass is 32.2. The third-order valence-electron chi connectivity index (χ3n) is 4.37. The van der Waals surface area contributed by atoms with Crippen molar-refractivity contribution in [3.05, 3.63) is 0 Å². The van der Waals surface area contributed by atoms with Crippen molar-refractivity contribution in [2.75, 3.05) is 18.8 Å². The SMILES string of the molecule is CC1CCC(NC(=O)CCN2CCSC2=O)(C(=O)O)CC1. The van der Waals surface area contributed by atoms with Gasteiger partial charge in [-0.05, 0) is 31.6 Å². The number of aliphatic carboxylic acids is 1. The number of nitrogens with one attached hydrogen (secondary N) is 1. The minimum absolute atomic E-state index is 0.00207. The quantitative estimate of drug-likeness (QED) is 0.806. The molecule has 2 fully saturated rings. The molecule has 1 heterocycles. The first kappa shape index (κ1) is 16.1. The van der Waals surface area contributed by atoms with Gasteiger partial charge in [-0.25, -0.2) is 4.79 Å². The molecule has 21 heavy (non-hydrogen) atoms. The van der Waals surface area contributed by atoms with Gasteiger partial charge in [0, 0.05) is 25.3 Å². The summed E-state index contributed by atoms with van der Waals surface area (Å²) in [4.78, 5) is 36.7. The molecule has 0 radical (unpaired) electrons. The van der Waals surface area contributed by atoms with E-state index in [1.165, 1.54) is 11.8 Å². The van der Waals surface area contributed by atoms with E-state index in [-0.39, 0.29) is 17.6 Å². The Morgan fingerprint density at radius 3 is 2.62 bits per heavy atom. The Morgan fingerprint density at radius 2 is 2.10 bits per heavy atom. The summed E-state index contributed by atoms with van der Waals surface area (Å²) in [5, 5.41) is 12.2. The predicted molar refractivity (Wildman–Crippen MR) is 80.2 cm³/mol. The standard InChI is InChI=1S/C14H22N2O4S/c1-10-2-5-14(6-3-10,12(18)19)15-11(17)4-7-16-8-9-21-13(16)20/h10H,2-9H2,1H3,(H,15,17)(H,18,19). The summed E-state index contributed by atoms with van der Waals surface area (Å²) < 4.78 is 0. The number of thioether (sulfide) groups is 1. The van der Waals surface area contributed by atoms with E-state index < -0.39 is 11.5 Å². The minimum atomic E-state index is -1.12. The molecule has 0 aromatic rings. The molecular formula is C14H22N2O4S. The molecule has 1 saturated carbocycles. The first-order valence-corrected chi connectivity index (χ1v) is 8.37. The fraction of sp³-hybridized carbons (Fsp3) is 0.786. The molecule has 0 atom stereocenters. The monoisotopic (exact) mass is 314 g/mol.